The Morgan fingerprint density at radius 1 is 1.43 bits per heavy atom. The van der Waals surface area contributed by atoms with E-state index in [0.29, 0.717) is 6.42 Å². The fourth-order valence-electron chi connectivity index (χ4n) is 1.62. The minimum absolute atomic E-state index is 0.0417. The smallest absolute Gasteiger partial charge is 0.194 e. The maximum atomic E-state index is 7.27. The monoisotopic (exact) mass is 196 g/mol. The van der Waals surface area contributed by atoms with Crippen LogP contribution < -0.4 is 5.73 Å². The first kappa shape index (κ1) is 10.9. The summed E-state index contributed by atoms with van der Waals surface area (Å²) in [6.45, 7) is 0. The van der Waals surface area contributed by atoms with Gasteiger partial charge in [-0.15, -0.1) is 0 Å². The third kappa shape index (κ3) is 2.02. The number of rotatable bonds is 4. The minimum atomic E-state index is -0.777. The molecule has 0 saturated carbocycles. The first-order valence-electron chi connectivity index (χ1n) is 4.44. The average Bonchev–Trinajstić information content (AvgIpc) is 2.18. The normalized spacial score (nSPS) is 23.7. The predicted molar refractivity (Wildman–Crippen MR) is 55.1 cm³/mol. The van der Waals surface area contributed by atoms with E-state index in [4.69, 9.17) is 20.6 Å². The van der Waals surface area contributed by atoms with Gasteiger partial charge >= 0.3 is 0 Å². The van der Waals surface area contributed by atoms with Gasteiger partial charge < -0.3 is 15.2 Å². The summed E-state index contributed by atoms with van der Waals surface area (Å²) in [5.74, 6) is -0.686. The van der Waals surface area contributed by atoms with Crippen molar-refractivity contribution in [3.8, 4) is 0 Å². The summed E-state index contributed by atoms with van der Waals surface area (Å²) in [6.07, 6.45) is 7.98. The molecular weight excluding hydrogens is 180 g/mol. The molecule has 1 aliphatic carbocycles. The molecule has 0 spiro atoms. The molecule has 0 saturated heterocycles. The summed E-state index contributed by atoms with van der Waals surface area (Å²) in [5, 5.41) is 7.27. The van der Waals surface area contributed by atoms with Crippen molar-refractivity contribution in [1.82, 2.24) is 0 Å². The molecule has 0 aromatic rings. The molecule has 0 aliphatic heterocycles. The lowest BCUT2D eigenvalue weighted by molar-refractivity contribution is -0.193. The summed E-state index contributed by atoms with van der Waals surface area (Å²) in [7, 11) is 3.17. The summed E-state index contributed by atoms with van der Waals surface area (Å²) < 4.78 is 10.7. The molecule has 78 valence electrons. The Bertz CT molecular complexity index is 267. The van der Waals surface area contributed by atoms with Crippen molar-refractivity contribution in [2.75, 3.05) is 14.2 Å². The number of hydrogen-bond donors (Lipinski definition) is 2. The Labute approximate surface area is 83.9 Å². The van der Waals surface area contributed by atoms with Crippen molar-refractivity contribution >= 4 is 5.84 Å². The van der Waals surface area contributed by atoms with Crippen LogP contribution in [0, 0.1) is 11.3 Å². The number of nitrogens with two attached hydrogens (primary N) is 1. The lowest BCUT2D eigenvalue weighted by atomic mass is 9.90. The second kappa shape index (κ2) is 4.39. The van der Waals surface area contributed by atoms with Crippen molar-refractivity contribution in [2.24, 2.45) is 11.7 Å². The Kier molecular flexibility index (Phi) is 3.43. The average molecular weight is 196 g/mol. The van der Waals surface area contributed by atoms with Crippen LogP contribution in [0.25, 0.3) is 0 Å². The van der Waals surface area contributed by atoms with Gasteiger partial charge in [0.25, 0.3) is 0 Å². The molecule has 0 fully saturated rings. The SMILES string of the molecule is COC1(OC)C=CC=CC1CC(=N)N. The van der Waals surface area contributed by atoms with Gasteiger partial charge in [-0.3, -0.25) is 5.41 Å². The van der Waals surface area contributed by atoms with Gasteiger partial charge in [-0.25, -0.2) is 0 Å². The van der Waals surface area contributed by atoms with E-state index < -0.39 is 5.79 Å². The standard InChI is InChI=1S/C10H16N2O2/c1-13-10(14-2)6-4-3-5-8(10)7-9(11)12/h3-6,8H,7H2,1-2H3,(H3,11,12). The molecule has 14 heavy (non-hydrogen) atoms. The number of amidine groups is 1. The fraction of sp³-hybridized carbons (Fsp3) is 0.500. The summed E-state index contributed by atoms with van der Waals surface area (Å²) >= 11 is 0. The van der Waals surface area contributed by atoms with Crippen molar-refractivity contribution in [1.29, 1.82) is 5.41 Å². The van der Waals surface area contributed by atoms with Gasteiger partial charge in [0.15, 0.2) is 5.79 Å². The topological polar surface area (TPSA) is 68.3 Å². The second-order valence-corrected chi connectivity index (χ2v) is 3.21. The molecule has 1 aliphatic rings. The van der Waals surface area contributed by atoms with Crippen LogP contribution in [0.5, 0.6) is 0 Å². The van der Waals surface area contributed by atoms with Crippen molar-refractivity contribution in [3.05, 3.63) is 24.3 Å². The van der Waals surface area contributed by atoms with E-state index in [9.17, 15) is 0 Å². The van der Waals surface area contributed by atoms with Gasteiger partial charge in [0, 0.05) is 26.6 Å². The summed E-state index contributed by atoms with van der Waals surface area (Å²) in [6, 6.07) is 0. The van der Waals surface area contributed by atoms with E-state index in [1.54, 1.807) is 14.2 Å². The van der Waals surface area contributed by atoms with Crippen LogP contribution in [-0.4, -0.2) is 25.8 Å². The van der Waals surface area contributed by atoms with E-state index in [1.807, 2.05) is 24.3 Å². The van der Waals surface area contributed by atoms with Crippen molar-refractivity contribution in [2.45, 2.75) is 12.2 Å². The molecule has 1 atom stereocenters. The van der Waals surface area contributed by atoms with E-state index >= 15 is 0 Å². The van der Waals surface area contributed by atoms with Gasteiger partial charge in [-0.2, -0.15) is 0 Å². The number of nitrogens with one attached hydrogen (secondary N) is 1. The lowest BCUT2D eigenvalue weighted by Crippen LogP contribution is -2.42. The van der Waals surface area contributed by atoms with E-state index in [2.05, 4.69) is 0 Å². The highest BCUT2D eigenvalue weighted by molar-refractivity contribution is 5.77. The Morgan fingerprint density at radius 3 is 2.57 bits per heavy atom. The van der Waals surface area contributed by atoms with Crippen LogP contribution in [-0.2, 0) is 9.47 Å². The first-order valence-corrected chi connectivity index (χ1v) is 4.44. The molecule has 4 heteroatoms. The quantitative estimate of drug-likeness (QED) is 0.401. The highest BCUT2D eigenvalue weighted by atomic mass is 16.7. The van der Waals surface area contributed by atoms with Crippen LogP contribution in [0.2, 0.25) is 0 Å². The summed E-state index contributed by atoms with van der Waals surface area (Å²) in [5.41, 5.74) is 5.37. The highest BCUT2D eigenvalue weighted by Crippen LogP contribution is 2.30. The largest absolute Gasteiger partial charge is 0.388 e. The molecule has 0 aromatic heterocycles. The third-order valence-electron chi connectivity index (χ3n) is 2.38. The number of methoxy groups -OCH3 is 2. The van der Waals surface area contributed by atoms with Gasteiger partial charge in [-0.05, 0) is 6.08 Å². The molecular formula is C10H16N2O2. The maximum absolute atomic E-state index is 7.27. The van der Waals surface area contributed by atoms with Crippen molar-refractivity contribution < 1.29 is 9.47 Å². The first-order chi connectivity index (χ1) is 6.64. The Balaban J connectivity index is 2.84. The zero-order valence-electron chi connectivity index (χ0n) is 8.49. The minimum Gasteiger partial charge on any atom is -0.388 e. The molecule has 0 radical (unpaired) electrons. The molecule has 0 heterocycles. The van der Waals surface area contributed by atoms with Crippen molar-refractivity contribution in [3.63, 3.8) is 0 Å². The number of hydrogen-bond acceptors (Lipinski definition) is 3. The van der Waals surface area contributed by atoms with E-state index in [-0.39, 0.29) is 11.8 Å². The Hall–Kier alpha value is -1.13. The van der Waals surface area contributed by atoms with E-state index in [0.717, 1.165) is 0 Å². The number of ether oxygens (including phenoxy) is 2. The van der Waals surface area contributed by atoms with Crippen LogP contribution in [0.4, 0.5) is 0 Å². The van der Waals surface area contributed by atoms with E-state index in [1.165, 1.54) is 0 Å². The van der Waals surface area contributed by atoms with Crippen LogP contribution >= 0.6 is 0 Å². The third-order valence-corrected chi connectivity index (χ3v) is 2.38. The molecule has 0 bridgehead atoms. The van der Waals surface area contributed by atoms with Crippen LogP contribution in [0.1, 0.15) is 6.42 Å². The maximum Gasteiger partial charge on any atom is 0.194 e. The fourth-order valence-corrected chi connectivity index (χ4v) is 1.62. The molecule has 1 unspecified atom stereocenters. The zero-order chi connectivity index (χ0) is 10.6. The van der Waals surface area contributed by atoms with Gasteiger partial charge in [0.1, 0.15) is 0 Å². The zero-order valence-corrected chi connectivity index (χ0v) is 8.49. The predicted octanol–water partition coefficient (Wildman–Crippen LogP) is 1.04. The second-order valence-electron chi connectivity index (χ2n) is 3.21. The van der Waals surface area contributed by atoms with Gasteiger partial charge in [0.2, 0.25) is 0 Å². The van der Waals surface area contributed by atoms with Crippen LogP contribution in [0.3, 0.4) is 0 Å². The highest BCUT2D eigenvalue weighted by Gasteiger charge is 2.36. The Morgan fingerprint density at radius 2 is 2.07 bits per heavy atom. The number of allylic oxidation sites excluding steroid dienone is 2. The molecule has 3 N–H and O–H groups in total. The molecule has 0 aromatic carbocycles. The molecule has 4 nitrogen and oxygen atoms in total. The lowest BCUT2D eigenvalue weighted by Gasteiger charge is -2.35. The molecule has 1 rings (SSSR count). The summed E-state index contributed by atoms with van der Waals surface area (Å²) in [4.78, 5) is 0. The van der Waals surface area contributed by atoms with Crippen LogP contribution in [0.15, 0.2) is 24.3 Å². The molecule has 0 amide bonds. The van der Waals surface area contributed by atoms with Gasteiger partial charge in [-0.1, -0.05) is 18.2 Å². The van der Waals surface area contributed by atoms with Gasteiger partial charge in [0.05, 0.1) is 5.84 Å².